The SMILES string of the molecule is COC(=O)CCCC(=O)N1CCC(CCC(=O)NCc2cccc(Cl)c2)CC1. The number of rotatable bonds is 9. The summed E-state index contributed by atoms with van der Waals surface area (Å²) in [6.45, 7) is 1.94. The van der Waals surface area contributed by atoms with Crippen molar-refractivity contribution in [2.75, 3.05) is 20.2 Å². The number of nitrogens with one attached hydrogen (secondary N) is 1. The summed E-state index contributed by atoms with van der Waals surface area (Å²) < 4.78 is 4.58. The molecule has 0 saturated carbocycles. The van der Waals surface area contributed by atoms with Crippen molar-refractivity contribution in [3.8, 4) is 0 Å². The maximum Gasteiger partial charge on any atom is 0.305 e. The van der Waals surface area contributed by atoms with Gasteiger partial charge in [0, 0.05) is 43.9 Å². The van der Waals surface area contributed by atoms with Crippen LogP contribution in [0.15, 0.2) is 24.3 Å². The van der Waals surface area contributed by atoms with Gasteiger partial charge in [0.15, 0.2) is 0 Å². The van der Waals surface area contributed by atoms with Crippen LogP contribution >= 0.6 is 11.6 Å². The maximum absolute atomic E-state index is 12.2. The Bertz CT molecular complexity index is 672. The molecule has 1 N–H and O–H groups in total. The van der Waals surface area contributed by atoms with Crippen molar-refractivity contribution >= 4 is 29.4 Å². The highest BCUT2D eigenvalue weighted by molar-refractivity contribution is 6.30. The lowest BCUT2D eigenvalue weighted by Gasteiger charge is -2.32. The number of benzene rings is 1. The molecule has 1 heterocycles. The Balaban J connectivity index is 1.59. The number of carbonyl (C=O) groups is 3. The molecule has 6 nitrogen and oxygen atoms in total. The minimum absolute atomic E-state index is 0.0429. The number of carbonyl (C=O) groups excluding carboxylic acids is 3. The lowest BCUT2D eigenvalue weighted by Crippen LogP contribution is -2.38. The molecule has 7 heteroatoms. The number of methoxy groups -OCH3 is 1. The first-order chi connectivity index (χ1) is 13.5. The molecule has 28 heavy (non-hydrogen) atoms. The number of piperidine rings is 1. The Hall–Kier alpha value is -2.08. The Labute approximate surface area is 171 Å². The van der Waals surface area contributed by atoms with Gasteiger partial charge in [-0.3, -0.25) is 14.4 Å². The molecular formula is C21H29ClN2O4. The molecule has 0 radical (unpaired) electrons. The molecule has 1 aliphatic rings. The molecule has 1 aliphatic heterocycles. The second kappa shape index (κ2) is 11.7. The number of amides is 2. The van der Waals surface area contributed by atoms with E-state index >= 15 is 0 Å². The number of halogens is 1. The summed E-state index contributed by atoms with van der Waals surface area (Å²) in [5, 5.41) is 3.60. The number of ether oxygens (including phenoxy) is 1. The largest absolute Gasteiger partial charge is 0.469 e. The van der Waals surface area contributed by atoms with Crippen molar-refractivity contribution < 1.29 is 19.1 Å². The number of hydrogen-bond acceptors (Lipinski definition) is 4. The monoisotopic (exact) mass is 408 g/mol. The lowest BCUT2D eigenvalue weighted by molar-refractivity contribution is -0.141. The highest BCUT2D eigenvalue weighted by atomic mass is 35.5. The first-order valence-electron chi connectivity index (χ1n) is 9.83. The second-order valence-corrected chi connectivity index (χ2v) is 7.64. The Morgan fingerprint density at radius 3 is 2.61 bits per heavy atom. The van der Waals surface area contributed by atoms with Gasteiger partial charge in [-0.1, -0.05) is 23.7 Å². The van der Waals surface area contributed by atoms with Gasteiger partial charge in [-0.05, 0) is 49.3 Å². The average molecular weight is 409 g/mol. The third kappa shape index (κ3) is 7.89. The van der Waals surface area contributed by atoms with Crippen LogP contribution in [-0.4, -0.2) is 42.9 Å². The molecule has 1 aromatic carbocycles. The molecule has 0 aliphatic carbocycles. The quantitative estimate of drug-likeness (QED) is 0.636. The van der Waals surface area contributed by atoms with Gasteiger partial charge in [-0.25, -0.2) is 0 Å². The molecule has 0 unspecified atom stereocenters. The third-order valence-corrected chi connectivity index (χ3v) is 5.36. The van der Waals surface area contributed by atoms with Gasteiger partial charge in [-0.15, -0.1) is 0 Å². The molecule has 2 amide bonds. The van der Waals surface area contributed by atoms with Crippen molar-refractivity contribution in [2.24, 2.45) is 5.92 Å². The van der Waals surface area contributed by atoms with Crippen LogP contribution in [0.5, 0.6) is 0 Å². The second-order valence-electron chi connectivity index (χ2n) is 7.20. The molecule has 154 valence electrons. The highest BCUT2D eigenvalue weighted by Crippen LogP contribution is 2.22. The van der Waals surface area contributed by atoms with Crippen molar-refractivity contribution in [3.05, 3.63) is 34.9 Å². The van der Waals surface area contributed by atoms with Crippen LogP contribution in [0.4, 0.5) is 0 Å². The van der Waals surface area contributed by atoms with E-state index in [2.05, 4.69) is 10.1 Å². The van der Waals surface area contributed by atoms with E-state index < -0.39 is 0 Å². The maximum atomic E-state index is 12.2. The average Bonchev–Trinajstić information content (AvgIpc) is 2.71. The molecule has 0 atom stereocenters. The number of esters is 1. The van der Waals surface area contributed by atoms with Crippen LogP contribution < -0.4 is 5.32 Å². The molecular weight excluding hydrogens is 380 g/mol. The topological polar surface area (TPSA) is 75.7 Å². The molecule has 0 spiro atoms. The summed E-state index contributed by atoms with van der Waals surface area (Å²) >= 11 is 5.94. The van der Waals surface area contributed by atoms with Crippen LogP contribution in [0.1, 0.15) is 50.5 Å². The van der Waals surface area contributed by atoms with E-state index in [4.69, 9.17) is 11.6 Å². The third-order valence-electron chi connectivity index (χ3n) is 5.12. The fourth-order valence-electron chi connectivity index (χ4n) is 3.39. The summed E-state index contributed by atoms with van der Waals surface area (Å²) in [6, 6.07) is 7.46. The molecule has 0 bridgehead atoms. The normalized spacial score (nSPS) is 14.6. The molecule has 1 aromatic rings. The molecule has 0 aromatic heterocycles. The summed E-state index contributed by atoms with van der Waals surface area (Å²) in [6.07, 6.45) is 4.37. The van der Waals surface area contributed by atoms with E-state index in [1.165, 1.54) is 7.11 Å². The van der Waals surface area contributed by atoms with Gasteiger partial charge >= 0.3 is 5.97 Å². The van der Waals surface area contributed by atoms with Gasteiger partial charge in [-0.2, -0.15) is 0 Å². The minimum Gasteiger partial charge on any atom is -0.469 e. The summed E-state index contributed by atoms with van der Waals surface area (Å²) in [5.74, 6) is 0.332. The van der Waals surface area contributed by atoms with Crippen molar-refractivity contribution in [1.82, 2.24) is 10.2 Å². The van der Waals surface area contributed by atoms with Crippen molar-refractivity contribution in [1.29, 1.82) is 0 Å². The van der Waals surface area contributed by atoms with Crippen LogP contribution in [0.2, 0.25) is 5.02 Å². The van der Waals surface area contributed by atoms with Gasteiger partial charge in [0.1, 0.15) is 0 Å². The van der Waals surface area contributed by atoms with E-state index in [0.29, 0.717) is 36.7 Å². The Morgan fingerprint density at radius 2 is 1.93 bits per heavy atom. The zero-order valence-electron chi connectivity index (χ0n) is 16.4. The van der Waals surface area contributed by atoms with Gasteiger partial charge < -0.3 is 15.0 Å². The van der Waals surface area contributed by atoms with Crippen LogP contribution in [0.3, 0.4) is 0 Å². The van der Waals surface area contributed by atoms with Crippen LogP contribution in [-0.2, 0) is 25.7 Å². The van der Waals surface area contributed by atoms with Gasteiger partial charge in [0.05, 0.1) is 7.11 Å². The highest BCUT2D eigenvalue weighted by Gasteiger charge is 2.23. The molecule has 2 rings (SSSR count). The summed E-state index contributed by atoms with van der Waals surface area (Å²) in [5.41, 5.74) is 0.986. The standard InChI is InChI=1S/C21H29ClN2O4/c1-28-21(27)7-3-6-20(26)24-12-10-16(11-13-24)8-9-19(25)23-15-17-4-2-5-18(22)14-17/h2,4-5,14,16H,3,6-13,15H2,1H3,(H,23,25). The van der Waals surface area contributed by atoms with Crippen molar-refractivity contribution in [3.63, 3.8) is 0 Å². The Kier molecular flexibility index (Phi) is 9.28. The lowest BCUT2D eigenvalue weighted by atomic mass is 9.92. The van der Waals surface area contributed by atoms with E-state index in [1.807, 2.05) is 29.2 Å². The van der Waals surface area contributed by atoms with E-state index in [9.17, 15) is 14.4 Å². The fraction of sp³-hybridized carbons (Fsp3) is 0.571. The zero-order chi connectivity index (χ0) is 20.4. The molecule has 1 fully saturated rings. The Morgan fingerprint density at radius 1 is 1.18 bits per heavy atom. The van der Waals surface area contributed by atoms with E-state index in [-0.39, 0.29) is 24.2 Å². The number of hydrogen-bond donors (Lipinski definition) is 1. The zero-order valence-corrected chi connectivity index (χ0v) is 17.2. The van der Waals surface area contributed by atoms with Crippen LogP contribution in [0.25, 0.3) is 0 Å². The fourth-order valence-corrected chi connectivity index (χ4v) is 3.60. The van der Waals surface area contributed by atoms with Crippen molar-refractivity contribution in [2.45, 2.75) is 51.5 Å². The summed E-state index contributed by atoms with van der Waals surface area (Å²) in [7, 11) is 1.35. The van der Waals surface area contributed by atoms with Gasteiger partial charge in [0.25, 0.3) is 0 Å². The minimum atomic E-state index is -0.278. The van der Waals surface area contributed by atoms with E-state index in [0.717, 1.165) is 37.9 Å². The van der Waals surface area contributed by atoms with E-state index in [1.54, 1.807) is 0 Å². The predicted molar refractivity (Wildman–Crippen MR) is 108 cm³/mol. The predicted octanol–water partition coefficient (Wildman–Crippen LogP) is 3.32. The molecule has 1 saturated heterocycles. The first-order valence-corrected chi connectivity index (χ1v) is 10.2. The van der Waals surface area contributed by atoms with Gasteiger partial charge in [0.2, 0.25) is 11.8 Å². The van der Waals surface area contributed by atoms with Crippen LogP contribution in [0, 0.1) is 5.92 Å². The first kappa shape index (κ1) is 22.2. The summed E-state index contributed by atoms with van der Waals surface area (Å²) in [4.78, 5) is 37.2. The smallest absolute Gasteiger partial charge is 0.305 e. The number of likely N-dealkylation sites (tertiary alicyclic amines) is 1. The number of nitrogens with zero attached hydrogens (tertiary/aromatic N) is 1.